The highest BCUT2D eigenvalue weighted by Crippen LogP contribution is 2.36. The van der Waals surface area contributed by atoms with E-state index in [2.05, 4.69) is 21.4 Å². The summed E-state index contributed by atoms with van der Waals surface area (Å²) in [6.45, 7) is 0.561. The third kappa shape index (κ3) is 4.46. The Morgan fingerprint density at radius 2 is 1.69 bits per heavy atom. The molecular formula is C26H21N3O2S. The van der Waals surface area contributed by atoms with Crippen molar-refractivity contribution in [1.29, 1.82) is 0 Å². The number of aromatic nitrogens is 2. The van der Waals surface area contributed by atoms with E-state index in [9.17, 15) is 5.11 Å². The fraction of sp³-hybridized carbons (Fsp3) is 0.0769. The van der Waals surface area contributed by atoms with Crippen LogP contribution < -0.4 is 10.1 Å². The predicted molar refractivity (Wildman–Crippen MR) is 129 cm³/mol. The summed E-state index contributed by atoms with van der Waals surface area (Å²) >= 11 is 1.62. The van der Waals surface area contributed by atoms with Crippen LogP contribution in [0.5, 0.6) is 5.75 Å². The van der Waals surface area contributed by atoms with E-state index >= 15 is 0 Å². The zero-order valence-electron chi connectivity index (χ0n) is 17.2. The highest BCUT2D eigenvalue weighted by molar-refractivity contribution is 7.21. The van der Waals surface area contributed by atoms with Crippen LogP contribution >= 0.6 is 11.3 Å². The number of benzene rings is 3. The van der Waals surface area contributed by atoms with Crippen LogP contribution in [0, 0.1) is 0 Å². The van der Waals surface area contributed by atoms with E-state index in [-0.39, 0.29) is 6.61 Å². The van der Waals surface area contributed by atoms with Gasteiger partial charge >= 0.3 is 0 Å². The van der Waals surface area contributed by atoms with Gasteiger partial charge in [-0.3, -0.25) is 0 Å². The van der Waals surface area contributed by atoms with Gasteiger partial charge < -0.3 is 15.2 Å². The van der Waals surface area contributed by atoms with Gasteiger partial charge in [0.1, 0.15) is 29.3 Å². The minimum atomic E-state index is 0.0420. The lowest BCUT2D eigenvalue weighted by Gasteiger charge is -2.10. The molecule has 0 aliphatic carbocycles. The van der Waals surface area contributed by atoms with Crippen LogP contribution in [0.25, 0.3) is 20.7 Å². The first-order valence-corrected chi connectivity index (χ1v) is 11.1. The van der Waals surface area contributed by atoms with Crippen LogP contribution in [0.3, 0.4) is 0 Å². The number of hydrogen-bond donors (Lipinski definition) is 2. The van der Waals surface area contributed by atoms with Gasteiger partial charge in [-0.05, 0) is 34.9 Å². The van der Waals surface area contributed by atoms with Crippen molar-refractivity contribution in [2.45, 2.75) is 13.2 Å². The van der Waals surface area contributed by atoms with Crippen molar-refractivity contribution in [1.82, 2.24) is 9.97 Å². The zero-order chi connectivity index (χ0) is 21.8. The molecule has 5 rings (SSSR count). The minimum absolute atomic E-state index is 0.0420. The normalized spacial score (nSPS) is 10.9. The number of fused-ring (bicyclic) bond motifs is 1. The predicted octanol–water partition coefficient (Wildman–Crippen LogP) is 6.17. The fourth-order valence-corrected chi connectivity index (χ4v) is 4.42. The highest BCUT2D eigenvalue weighted by atomic mass is 32.1. The standard InChI is InChI=1S/C26H21N3O2S/c30-15-18-9-11-20(12-10-18)24-14-23-25(27-17-28-26(23)32-24)29-21-7-4-8-22(13-21)31-16-19-5-2-1-3-6-19/h1-14,17,30H,15-16H2,(H,27,28,29). The Hall–Kier alpha value is -3.74. The summed E-state index contributed by atoms with van der Waals surface area (Å²) in [4.78, 5) is 10.9. The molecule has 0 aliphatic rings. The third-order valence-corrected chi connectivity index (χ3v) is 6.19. The molecule has 2 heterocycles. The molecule has 6 heteroatoms. The molecule has 5 nitrogen and oxygen atoms in total. The molecule has 0 radical (unpaired) electrons. The van der Waals surface area contributed by atoms with Crippen molar-refractivity contribution < 1.29 is 9.84 Å². The second-order valence-electron chi connectivity index (χ2n) is 7.33. The lowest BCUT2D eigenvalue weighted by Crippen LogP contribution is -1.97. The Morgan fingerprint density at radius 1 is 0.844 bits per heavy atom. The number of thiophene rings is 1. The fourth-order valence-electron chi connectivity index (χ4n) is 3.41. The summed E-state index contributed by atoms with van der Waals surface area (Å²) < 4.78 is 5.95. The van der Waals surface area contributed by atoms with Gasteiger partial charge in [-0.1, -0.05) is 60.7 Å². The number of hydrogen-bond acceptors (Lipinski definition) is 6. The molecule has 158 valence electrons. The number of anilines is 2. The molecular weight excluding hydrogens is 418 g/mol. The first-order valence-electron chi connectivity index (χ1n) is 10.3. The highest BCUT2D eigenvalue weighted by Gasteiger charge is 2.11. The average molecular weight is 440 g/mol. The van der Waals surface area contributed by atoms with Crippen molar-refractivity contribution in [2.75, 3.05) is 5.32 Å². The van der Waals surface area contributed by atoms with Crippen LogP contribution in [-0.2, 0) is 13.2 Å². The molecule has 0 spiro atoms. The summed E-state index contributed by atoms with van der Waals surface area (Å²) in [5.74, 6) is 1.55. The quantitative estimate of drug-likeness (QED) is 0.317. The molecule has 0 saturated carbocycles. The van der Waals surface area contributed by atoms with E-state index in [4.69, 9.17) is 4.74 Å². The molecule has 0 aliphatic heterocycles. The largest absolute Gasteiger partial charge is 0.489 e. The molecule has 0 bridgehead atoms. The number of ether oxygens (including phenoxy) is 1. The molecule has 32 heavy (non-hydrogen) atoms. The Kier molecular flexibility index (Phi) is 5.79. The van der Waals surface area contributed by atoms with Gasteiger partial charge in [-0.15, -0.1) is 11.3 Å². The Labute approximate surface area is 190 Å². The third-order valence-electron chi connectivity index (χ3n) is 5.10. The molecule has 3 aromatic carbocycles. The van der Waals surface area contributed by atoms with Gasteiger partial charge in [0.2, 0.25) is 0 Å². The Balaban J connectivity index is 1.37. The van der Waals surface area contributed by atoms with Gasteiger partial charge in [-0.2, -0.15) is 0 Å². The van der Waals surface area contributed by atoms with Crippen molar-refractivity contribution in [3.8, 4) is 16.2 Å². The maximum atomic E-state index is 9.27. The van der Waals surface area contributed by atoms with Crippen LogP contribution in [0.1, 0.15) is 11.1 Å². The monoisotopic (exact) mass is 439 g/mol. The number of aliphatic hydroxyl groups is 1. The van der Waals surface area contributed by atoms with Gasteiger partial charge in [-0.25, -0.2) is 9.97 Å². The molecule has 0 saturated heterocycles. The molecule has 0 atom stereocenters. The van der Waals surface area contributed by atoms with Gasteiger partial charge in [0.05, 0.1) is 12.0 Å². The summed E-state index contributed by atoms with van der Waals surface area (Å²) in [6.07, 6.45) is 1.58. The Morgan fingerprint density at radius 3 is 2.50 bits per heavy atom. The molecule has 2 N–H and O–H groups in total. The van der Waals surface area contributed by atoms with E-state index in [0.29, 0.717) is 6.61 Å². The molecule has 0 amide bonds. The molecule has 0 unspecified atom stereocenters. The second-order valence-corrected chi connectivity index (χ2v) is 8.36. The first kappa shape index (κ1) is 20.2. The van der Waals surface area contributed by atoms with Gasteiger partial charge in [0.15, 0.2) is 0 Å². The van der Waals surface area contributed by atoms with Crippen molar-refractivity contribution >= 4 is 33.1 Å². The summed E-state index contributed by atoms with van der Waals surface area (Å²) in [6, 6.07) is 28.0. The average Bonchev–Trinajstić information content (AvgIpc) is 3.29. The van der Waals surface area contributed by atoms with Crippen molar-refractivity contribution in [3.63, 3.8) is 0 Å². The van der Waals surface area contributed by atoms with Gasteiger partial charge in [0.25, 0.3) is 0 Å². The second kappa shape index (κ2) is 9.18. The first-order chi connectivity index (χ1) is 15.8. The minimum Gasteiger partial charge on any atom is -0.489 e. The lowest BCUT2D eigenvalue weighted by molar-refractivity contribution is 0.282. The maximum absolute atomic E-state index is 9.27. The number of nitrogens with zero attached hydrogens (tertiary/aromatic N) is 2. The molecule has 5 aromatic rings. The van der Waals surface area contributed by atoms with Gasteiger partial charge in [0, 0.05) is 16.6 Å². The van der Waals surface area contributed by atoms with Crippen LogP contribution in [0.15, 0.2) is 91.3 Å². The summed E-state index contributed by atoms with van der Waals surface area (Å²) in [5, 5.41) is 13.6. The molecule has 2 aromatic heterocycles. The lowest BCUT2D eigenvalue weighted by atomic mass is 10.1. The van der Waals surface area contributed by atoms with E-state index in [1.54, 1.807) is 17.7 Å². The SMILES string of the molecule is OCc1ccc(-c2cc3c(Nc4cccc(OCc5ccccc5)c4)ncnc3s2)cc1. The van der Waals surface area contributed by atoms with E-state index in [1.165, 1.54) is 0 Å². The summed E-state index contributed by atoms with van der Waals surface area (Å²) in [5.41, 5.74) is 4.01. The zero-order valence-corrected chi connectivity index (χ0v) is 18.0. The van der Waals surface area contributed by atoms with E-state index < -0.39 is 0 Å². The van der Waals surface area contributed by atoms with Crippen LogP contribution in [0.4, 0.5) is 11.5 Å². The topological polar surface area (TPSA) is 67.3 Å². The van der Waals surface area contributed by atoms with E-state index in [1.807, 2.05) is 78.9 Å². The van der Waals surface area contributed by atoms with Crippen molar-refractivity contribution in [2.24, 2.45) is 0 Å². The van der Waals surface area contributed by atoms with Crippen LogP contribution in [-0.4, -0.2) is 15.1 Å². The van der Waals surface area contributed by atoms with Crippen molar-refractivity contribution in [3.05, 3.63) is 102 Å². The van der Waals surface area contributed by atoms with Crippen LogP contribution in [0.2, 0.25) is 0 Å². The summed E-state index contributed by atoms with van der Waals surface area (Å²) in [7, 11) is 0. The number of aliphatic hydroxyl groups excluding tert-OH is 1. The smallest absolute Gasteiger partial charge is 0.142 e. The number of nitrogens with one attached hydrogen (secondary N) is 1. The maximum Gasteiger partial charge on any atom is 0.142 e. The van der Waals surface area contributed by atoms with E-state index in [0.717, 1.165) is 49.0 Å². The Bertz CT molecular complexity index is 1330. The molecule has 0 fully saturated rings. The number of rotatable bonds is 7.